The monoisotopic (exact) mass is 701 g/mol. The van der Waals surface area contributed by atoms with Crippen molar-refractivity contribution in [2.45, 2.75) is 144 Å². The quantitative estimate of drug-likeness (QED) is 0.310. The molecule has 1 amide bonds. The van der Waals surface area contributed by atoms with Crippen molar-refractivity contribution < 1.29 is 19.1 Å². The predicted molar refractivity (Wildman–Crippen MR) is 205 cm³/mol. The Morgan fingerprint density at radius 1 is 0.843 bits per heavy atom. The van der Waals surface area contributed by atoms with Crippen molar-refractivity contribution >= 4 is 17.6 Å². The Bertz CT molecular complexity index is 1530. The van der Waals surface area contributed by atoms with Gasteiger partial charge in [-0.05, 0) is 166 Å². The van der Waals surface area contributed by atoms with E-state index in [9.17, 15) is 9.59 Å². The Kier molecular flexibility index (Phi) is 9.36. The van der Waals surface area contributed by atoms with E-state index in [2.05, 4.69) is 58.1 Å². The number of allylic oxidation sites excluding steroid dienone is 2. The largest absolute Gasteiger partial charge is 0.465 e. The number of hydrogen-bond acceptors (Lipinski definition) is 5. The third-order valence-corrected chi connectivity index (χ3v) is 16.5. The van der Waals surface area contributed by atoms with Gasteiger partial charge in [0.05, 0.1) is 12.7 Å². The second-order valence-electron chi connectivity index (χ2n) is 20.3. The zero-order valence-corrected chi connectivity index (χ0v) is 33.5. The molecule has 4 saturated carbocycles. The summed E-state index contributed by atoms with van der Waals surface area (Å²) in [6, 6.07) is 8.13. The summed E-state index contributed by atoms with van der Waals surface area (Å²) in [5.41, 5.74) is 4.18. The van der Waals surface area contributed by atoms with Crippen LogP contribution < -0.4 is 5.32 Å². The molecular weight excluding hydrogens is 633 g/mol. The van der Waals surface area contributed by atoms with Gasteiger partial charge < -0.3 is 19.7 Å². The van der Waals surface area contributed by atoms with Crippen molar-refractivity contribution in [2.24, 2.45) is 51.2 Å². The van der Waals surface area contributed by atoms with Crippen LogP contribution in [0.25, 0.3) is 5.57 Å². The molecule has 5 aliphatic carbocycles. The normalized spacial score (nSPS) is 40.2. The van der Waals surface area contributed by atoms with Crippen molar-refractivity contribution in [3.8, 4) is 0 Å². The van der Waals surface area contributed by atoms with Gasteiger partial charge in [-0.3, -0.25) is 0 Å². The summed E-state index contributed by atoms with van der Waals surface area (Å²) in [6.45, 7) is 21.7. The molecule has 282 valence electrons. The molecule has 1 saturated heterocycles. The minimum Gasteiger partial charge on any atom is -0.465 e. The summed E-state index contributed by atoms with van der Waals surface area (Å²) in [6.07, 6.45) is 17.9. The average Bonchev–Trinajstić information content (AvgIpc) is 3.51. The van der Waals surface area contributed by atoms with Gasteiger partial charge in [0.2, 0.25) is 0 Å². The first kappa shape index (κ1) is 37.0. The molecule has 1 aliphatic heterocycles. The fourth-order valence-corrected chi connectivity index (χ4v) is 13.9. The van der Waals surface area contributed by atoms with Gasteiger partial charge in [0, 0.05) is 25.2 Å². The van der Waals surface area contributed by atoms with Crippen LogP contribution in [0, 0.1) is 51.2 Å². The van der Waals surface area contributed by atoms with Crippen molar-refractivity contribution in [2.75, 3.05) is 26.7 Å². The maximum absolute atomic E-state index is 12.9. The van der Waals surface area contributed by atoms with Gasteiger partial charge in [0.25, 0.3) is 0 Å². The highest BCUT2D eigenvalue weighted by atomic mass is 16.6. The molecule has 8 unspecified atom stereocenters. The Morgan fingerprint density at radius 2 is 1.59 bits per heavy atom. The first-order chi connectivity index (χ1) is 24.0. The standard InChI is InChI=1S/C45H68N2O4/c1-40(2,3)51-39(49)47-27-11-12-30(29-47)28-46-45-22-10-13-35(45)34-18-19-37-42(6)23-20-33(31-14-16-32(17-15-31)38(48)50-9)41(4,5)36(42)21-24-44(37,8)43(34,7)25-26-45/h14-17,20,30,34-37,46H,10-13,18-19,21-29H2,1-9H3/t30?,34?,35?,36?,37?,42?,43-,44?,45?/m1/s1. The maximum atomic E-state index is 12.9. The fourth-order valence-electron chi connectivity index (χ4n) is 13.9. The van der Waals surface area contributed by atoms with E-state index in [-0.39, 0.29) is 28.4 Å². The number of nitrogens with zero attached hydrogens (tertiary/aromatic N) is 1. The highest BCUT2D eigenvalue weighted by Crippen LogP contribution is 2.76. The molecule has 9 atom stereocenters. The maximum Gasteiger partial charge on any atom is 0.410 e. The van der Waals surface area contributed by atoms with E-state index in [0.717, 1.165) is 50.2 Å². The molecule has 1 N–H and O–H groups in total. The second kappa shape index (κ2) is 12.9. The SMILES string of the molecule is COC(=O)c1ccc(C2=CCC3(C)C(CCC4(C)C3CCC3C5CCCC5(NCC5CCCN(C(=O)OC(C)(C)C)C5)CC[C@]34C)C2(C)C)cc1. The van der Waals surface area contributed by atoms with E-state index < -0.39 is 5.60 Å². The number of benzene rings is 1. The lowest BCUT2D eigenvalue weighted by Gasteiger charge is -2.72. The Hall–Kier alpha value is -2.34. The third-order valence-electron chi connectivity index (χ3n) is 16.5. The molecule has 0 spiro atoms. The number of methoxy groups -OCH3 is 1. The van der Waals surface area contributed by atoms with Crippen LogP contribution in [-0.4, -0.2) is 54.8 Å². The summed E-state index contributed by atoms with van der Waals surface area (Å²) >= 11 is 0. The molecule has 0 bridgehead atoms. The molecule has 0 radical (unpaired) electrons. The van der Waals surface area contributed by atoms with Crippen molar-refractivity contribution in [1.29, 1.82) is 0 Å². The van der Waals surface area contributed by atoms with Crippen LogP contribution in [0.3, 0.4) is 0 Å². The van der Waals surface area contributed by atoms with E-state index in [1.807, 2.05) is 37.8 Å². The molecule has 1 aromatic rings. The average molecular weight is 701 g/mol. The Morgan fingerprint density at radius 3 is 2.29 bits per heavy atom. The number of rotatable bonds is 5. The molecular formula is C45H68N2O4. The highest BCUT2D eigenvalue weighted by Gasteiger charge is 2.69. The molecule has 6 heteroatoms. The summed E-state index contributed by atoms with van der Waals surface area (Å²) in [7, 11) is 1.45. The molecule has 1 heterocycles. The molecule has 51 heavy (non-hydrogen) atoms. The topological polar surface area (TPSA) is 67.9 Å². The van der Waals surface area contributed by atoms with Crippen LogP contribution in [0.15, 0.2) is 30.3 Å². The first-order valence-electron chi connectivity index (χ1n) is 20.6. The smallest absolute Gasteiger partial charge is 0.410 e. The van der Waals surface area contributed by atoms with Crippen LogP contribution in [0.5, 0.6) is 0 Å². The zero-order valence-electron chi connectivity index (χ0n) is 33.5. The van der Waals surface area contributed by atoms with E-state index in [1.54, 1.807) is 0 Å². The minimum atomic E-state index is -0.451. The van der Waals surface area contributed by atoms with Gasteiger partial charge in [-0.2, -0.15) is 0 Å². The number of ether oxygens (including phenoxy) is 2. The molecule has 5 fully saturated rings. The van der Waals surface area contributed by atoms with E-state index in [4.69, 9.17) is 9.47 Å². The predicted octanol–water partition coefficient (Wildman–Crippen LogP) is 10.3. The van der Waals surface area contributed by atoms with Gasteiger partial charge in [0.15, 0.2) is 0 Å². The highest BCUT2D eigenvalue weighted by molar-refractivity contribution is 5.90. The van der Waals surface area contributed by atoms with Gasteiger partial charge in [-0.15, -0.1) is 0 Å². The number of hydrogen-bond donors (Lipinski definition) is 1. The van der Waals surface area contributed by atoms with Gasteiger partial charge in [-0.25, -0.2) is 9.59 Å². The summed E-state index contributed by atoms with van der Waals surface area (Å²) in [5, 5.41) is 4.29. The lowest BCUT2D eigenvalue weighted by Crippen LogP contribution is -2.67. The van der Waals surface area contributed by atoms with Crippen LogP contribution in [0.4, 0.5) is 4.79 Å². The van der Waals surface area contributed by atoms with E-state index >= 15 is 0 Å². The second-order valence-corrected chi connectivity index (χ2v) is 20.3. The number of fused-ring (bicyclic) bond motifs is 7. The van der Waals surface area contributed by atoms with E-state index in [0.29, 0.717) is 28.2 Å². The van der Waals surface area contributed by atoms with Crippen molar-refractivity contribution in [3.63, 3.8) is 0 Å². The van der Waals surface area contributed by atoms with Crippen molar-refractivity contribution in [3.05, 3.63) is 41.5 Å². The summed E-state index contributed by atoms with van der Waals surface area (Å²) in [5.74, 6) is 3.13. The number of amides is 1. The fraction of sp³-hybridized carbons (Fsp3) is 0.778. The number of likely N-dealkylation sites (tertiary alicyclic amines) is 1. The number of esters is 1. The lowest BCUT2D eigenvalue weighted by molar-refractivity contribution is -0.217. The number of nitrogens with one attached hydrogen (secondary N) is 1. The van der Waals surface area contributed by atoms with E-state index in [1.165, 1.54) is 82.5 Å². The van der Waals surface area contributed by atoms with Gasteiger partial charge in [0.1, 0.15) is 5.60 Å². The van der Waals surface area contributed by atoms with Gasteiger partial charge >= 0.3 is 12.1 Å². The Balaban J connectivity index is 1.08. The van der Waals surface area contributed by atoms with Crippen LogP contribution >= 0.6 is 0 Å². The van der Waals surface area contributed by atoms with Crippen molar-refractivity contribution in [1.82, 2.24) is 10.2 Å². The summed E-state index contributed by atoms with van der Waals surface area (Å²) in [4.78, 5) is 27.0. The minimum absolute atomic E-state index is 0.0636. The molecule has 6 aliphatic rings. The zero-order chi connectivity index (χ0) is 36.6. The number of carbonyl (C=O) groups excluding carboxylic acids is 2. The molecule has 6 nitrogen and oxygen atoms in total. The third kappa shape index (κ3) is 6.00. The number of piperidine rings is 1. The molecule has 7 rings (SSSR count). The van der Waals surface area contributed by atoms with Gasteiger partial charge in [-0.1, -0.05) is 59.2 Å². The Labute approximate surface area is 309 Å². The van der Waals surface area contributed by atoms with Crippen LogP contribution in [0.2, 0.25) is 0 Å². The lowest BCUT2D eigenvalue weighted by atomic mass is 9.33. The molecule has 1 aromatic carbocycles. The summed E-state index contributed by atoms with van der Waals surface area (Å²) < 4.78 is 10.7. The van der Waals surface area contributed by atoms with Crippen LogP contribution in [0.1, 0.15) is 148 Å². The van der Waals surface area contributed by atoms with Crippen LogP contribution in [-0.2, 0) is 9.47 Å². The molecule has 0 aromatic heterocycles. The number of carbonyl (C=O) groups is 2. The first-order valence-corrected chi connectivity index (χ1v) is 20.6.